The van der Waals surface area contributed by atoms with Crippen LogP contribution in [0.3, 0.4) is 0 Å². The third-order valence-electron chi connectivity index (χ3n) is 5.29. The van der Waals surface area contributed by atoms with Gasteiger partial charge in [0.1, 0.15) is 5.69 Å². The van der Waals surface area contributed by atoms with Crippen LogP contribution in [0.4, 0.5) is 0 Å². The molecule has 2 aromatic heterocycles. The molecular formula is C23H26N4O2. The normalized spacial score (nSPS) is 16.5. The van der Waals surface area contributed by atoms with E-state index in [1.54, 1.807) is 6.20 Å². The van der Waals surface area contributed by atoms with Gasteiger partial charge in [0.05, 0.1) is 18.3 Å². The summed E-state index contributed by atoms with van der Waals surface area (Å²) in [6.45, 7) is 3.47. The lowest BCUT2D eigenvalue weighted by atomic mass is 9.99. The fourth-order valence-corrected chi connectivity index (χ4v) is 3.65. The number of aromatic nitrogens is 3. The molecular weight excluding hydrogens is 364 g/mol. The van der Waals surface area contributed by atoms with Gasteiger partial charge >= 0.3 is 0 Å². The van der Waals surface area contributed by atoms with Crippen LogP contribution in [0.2, 0.25) is 0 Å². The molecule has 0 aliphatic carbocycles. The van der Waals surface area contributed by atoms with Gasteiger partial charge in [-0.3, -0.25) is 9.78 Å². The first kappa shape index (κ1) is 19.3. The number of ether oxygens (including phenoxy) is 1. The van der Waals surface area contributed by atoms with Gasteiger partial charge < -0.3 is 10.1 Å². The summed E-state index contributed by atoms with van der Waals surface area (Å²) in [5.41, 5.74) is 4.99. The number of pyridine rings is 1. The Hall–Kier alpha value is -2.99. The number of nitrogens with one attached hydrogen (secondary N) is 1. The molecule has 1 atom stereocenters. The monoisotopic (exact) mass is 390 g/mol. The Morgan fingerprint density at radius 3 is 2.83 bits per heavy atom. The molecule has 1 aliphatic heterocycles. The first-order chi connectivity index (χ1) is 14.2. The van der Waals surface area contributed by atoms with E-state index in [1.807, 2.05) is 29.2 Å². The van der Waals surface area contributed by atoms with Crippen molar-refractivity contribution in [2.45, 2.75) is 38.6 Å². The molecule has 1 aliphatic rings. The largest absolute Gasteiger partial charge is 0.379 e. The van der Waals surface area contributed by atoms with E-state index in [2.05, 4.69) is 46.6 Å². The van der Waals surface area contributed by atoms with Crippen LogP contribution in [0.25, 0.3) is 5.69 Å². The average molecular weight is 390 g/mol. The molecule has 6 nitrogen and oxygen atoms in total. The number of hydrogen-bond acceptors (Lipinski definition) is 4. The van der Waals surface area contributed by atoms with Crippen LogP contribution in [-0.4, -0.2) is 39.9 Å². The number of carbonyl (C=O) groups excluding carboxylic acids is 1. The van der Waals surface area contributed by atoms with E-state index in [9.17, 15) is 4.79 Å². The van der Waals surface area contributed by atoms with Crippen molar-refractivity contribution in [3.05, 3.63) is 77.4 Å². The zero-order valence-electron chi connectivity index (χ0n) is 16.7. The maximum absolute atomic E-state index is 12.7. The first-order valence-electron chi connectivity index (χ1n) is 10.2. The molecule has 1 amide bonds. The zero-order chi connectivity index (χ0) is 20.1. The van der Waals surface area contributed by atoms with Crippen molar-refractivity contribution < 1.29 is 9.53 Å². The summed E-state index contributed by atoms with van der Waals surface area (Å²) in [4.78, 5) is 17.1. The predicted molar refractivity (Wildman–Crippen MR) is 111 cm³/mol. The molecule has 1 fully saturated rings. The Morgan fingerprint density at radius 1 is 1.28 bits per heavy atom. The molecule has 150 valence electrons. The van der Waals surface area contributed by atoms with E-state index >= 15 is 0 Å². The lowest BCUT2D eigenvalue weighted by molar-refractivity contribution is 0.0622. The molecule has 4 rings (SSSR count). The second-order valence-electron chi connectivity index (χ2n) is 7.37. The van der Waals surface area contributed by atoms with E-state index < -0.39 is 0 Å². The molecule has 1 saturated heterocycles. The summed E-state index contributed by atoms with van der Waals surface area (Å²) in [6, 6.07) is 12.2. The zero-order valence-corrected chi connectivity index (χ0v) is 16.7. The highest BCUT2D eigenvalue weighted by Gasteiger charge is 2.18. The van der Waals surface area contributed by atoms with Crippen molar-refractivity contribution in [3.63, 3.8) is 0 Å². The van der Waals surface area contributed by atoms with Crippen LogP contribution < -0.4 is 5.32 Å². The fourth-order valence-electron chi connectivity index (χ4n) is 3.65. The van der Waals surface area contributed by atoms with Crippen LogP contribution in [0.5, 0.6) is 0 Å². The summed E-state index contributed by atoms with van der Waals surface area (Å²) < 4.78 is 7.29. The lowest BCUT2D eigenvalue weighted by Gasteiger charge is -2.23. The molecule has 3 heterocycles. The van der Waals surface area contributed by atoms with Gasteiger partial charge in [-0.1, -0.05) is 19.1 Å². The van der Waals surface area contributed by atoms with Gasteiger partial charge in [0.15, 0.2) is 0 Å². The van der Waals surface area contributed by atoms with E-state index in [4.69, 9.17) is 4.74 Å². The fraction of sp³-hybridized carbons (Fsp3) is 0.348. The van der Waals surface area contributed by atoms with E-state index in [0.29, 0.717) is 12.3 Å². The van der Waals surface area contributed by atoms with E-state index in [1.165, 1.54) is 11.1 Å². The number of rotatable bonds is 6. The Bertz CT molecular complexity index is 946. The molecule has 0 unspecified atom stereocenters. The Labute approximate surface area is 170 Å². The van der Waals surface area contributed by atoms with Gasteiger partial charge in [0, 0.05) is 25.2 Å². The van der Waals surface area contributed by atoms with Crippen molar-refractivity contribution >= 4 is 5.91 Å². The van der Waals surface area contributed by atoms with Crippen molar-refractivity contribution in [2.75, 3.05) is 13.2 Å². The van der Waals surface area contributed by atoms with Crippen LogP contribution >= 0.6 is 0 Å². The highest BCUT2D eigenvalue weighted by atomic mass is 16.5. The standard InChI is InChI=1S/C23H26N4O2/c1-2-18-15-24-22(23(28)26-20-5-3-12-29-16-20)14-19(18)13-17-6-8-21(9-7-17)27-11-4-10-25-27/h4,6-11,14-15,20H,2-3,5,12-13,16H2,1H3,(H,26,28)/t20-/m1/s1. The maximum atomic E-state index is 12.7. The average Bonchev–Trinajstić information content (AvgIpc) is 3.30. The summed E-state index contributed by atoms with van der Waals surface area (Å²) in [5.74, 6) is -0.126. The predicted octanol–water partition coefficient (Wildman–Crippen LogP) is 3.33. The Kier molecular flexibility index (Phi) is 6.00. The molecule has 3 aromatic rings. The van der Waals surface area contributed by atoms with Gasteiger partial charge in [-0.2, -0.15) is 5.10 Å². The number of amides is 1. The second kappa shape index (κ2) is 9.01. The third-order valence-corrected chi connectivity index (χ3v) is 5.29. The minimum absolute atomic E-state index is 0.0715. The summed E-state index contributed by atoms with van der Waals surface area (Å²) in [5, 5.41) is 7.31. The molecule has 0 spiro atoms. The molecule has 1 N–H and O–H groups in total. The van der Waals surface area contributed by atoms with Crippen LogP contribution in [0.1, 0.15) is 46.9 Å². The van der Waals surface area contributed by atoms with Gasteiger partial charge in [-0.15, -0.1) is 0 Å². The minimum Gasteiger partial charge on any atom is -0.379 e. The van der Waals surface area contributed by atoms with Gasteiger partial charge in [0.25, 0.3) is 5.91 Å². The van der Waals surface area contributed by atoms with Crippen LogP contribution in [0.15, 0.2) is 55.0 Å². The maximum Gasteiger partial charge on any atom is 0.270 e. The van der Waals surface area contributed by atoms with E-state index in [-0.39, 0.29) is 11.9 Å². The molecule has 29 heavy (non-hydrogen) atoms. The number of aryl methyl sites for hydroxylation is 1. The number of hydrogen-bond donors (Lipinski definition) is 1. The van der Waals surface area contributed by atoms with Crippen LogP contribution in [0, 0.1) is 0 Å². The highest BCUT2D eigenvalue weighted by Crippen LogP contribution is 2.18. The van der Waals surface area contributed by atoms with Gasteiger partial charge in [-0.25, -0.2) is 4.68 Å². The number of carbonyl (C=O) groups is 1. The Balaban J connectivity index is 1.50. The minimum atomic E-state index is -0.126. The Morgan fingerprint density at radius 2 is 2.14 bits per heavy atom. The number of nitrogens with zero attached hydrogens (tertiary/aromatic N) is 3. The van der Waals surface area contributed by atoms with Crippen molar-refractivity contribution in [1.82, 2.24) is 20.1 Å². The molecule has 0 saturated carbocycles. The topological polar surface area (TPSA) is 69.0 Å². The number of benzene rings is 1. The summed E-state index contributed by atoms with van der Waals surface area (Å²) in [6.07, 6.45) is 9.10. The SMILES string of the molecule is CCc1cnc(C(=O)N[C@@H]2CCCOC2)cc1Cc1ccc(-n2cccn2)cc1. The first-order valence-corrected chi connectivity index (χ1v) is 10.2. The van der Waals surface area contributed by atoms with Crippen molar-refractivity contribution in [3.8, 4) is 5.69 Å². The summed E-state index contributed by atoms with van der Waals surface area (Å²) in [7, 11) is 0. The molecule has 6 heteroatoms. The summed E-state index contributed by atoms with van der Waals surface area (Å²) >= 11 is 0. The highest BCUT2D eigenvalue weighted by molar-refractivity contribution is 5.92. The smallest absolute Gasteiger partial charge is 0.270 e. The van der Waals surface area contributed by atoms with Crippen molar-refractivity contribution in [1.29, 1.82) is 0 Å². The van der Waals surface area contributed by atoms with E-state index in [0.717, 1.165) is 43.5 Å². The van der Waals surface area contributed by atoms with Gasteiger partial charge in [0.2, 0.25) is 0 Å². The van der Waals surface area contributed by atoms with Gasteiger partial charge in [-0.05, 0) is 66.6 Å². The van der Waals surface area contributed by atoms with Crippen molar-refractivity contribution in [2.24, 2.45) is 0 Å². The lowest BCUT2D eigenvalue weighted by Crippen LogP contribution is -2.40. The quantitative estimate of drug-likeness (QED) is 0.701. The second-order valence-corrected chi connectivity index (χ2v) is 7.37. The van der Waals surface area contributed by atoms with Crippen LogP contribution in [-0.2, 0) is 17.6 Å². The third kappa shape index (κ3) is 4.71. The molecule has 0 radical (unpaired) electrons. The molecule has 1 aromatic carbocycles. The molecule has 0 bridgehead atoms.